The summed E-state index contributed by atoms with van der Waals surface area (Å²) in [4.78, 5) is 20.7. The topological polar surface area (TPSA) is 88.5 Å². The molecule has 52 heavy (non-hydrogen) atoms. The van der Waals surface area contributed by atoms with Gasteiger partial charge in [0.25, 0.3) is 0 Å². The van der Waals surface area contributed by atoms with Crippen molar-refractivity contribution in [1.82, 2.24) is 19.9 Å². The Bertz CT molecular complexity index is 2360. The van der Waals surface area contributed by atoms with Gasteiger partial charge in [-0.05, 0) is 132 Å². The van der Waals surface area contributed by atoms with Gasteiger partial charge >= 0.3 is 0 Å². The van der Waals surface area contributed by atoms with E-state index in [1.807, 2.05) is 109 Å². The van der Waals surface area contributed by atoms with Crippen LogP contribution in [0.2, 0.25) is 0 Å². The van der Waals surface area contributed by atoms with Gasteiger partial charge in [0.05, 0.1) is 73.3 Å². The molecule has 0 fully saturated rings. The molecule has 0 spiro atoms. The van der Waals surface area contributed by atoms with Crippen LogP contribution in [0.4, 0.5) is 0 Å². The van der Waals surface area contributed by atoms with E-state index in [9.17, 15) is 0 Å². The van der Waals surface area contributed by atoms with Crippen LogP contribution in [-0.2, 0) is 0 Å². The van der Waals surface area contributed by atoms with Gasteiger partial charge in [-0.2, -0.15) is 0 Å². The second-order valence-corrected chi connectivity index (χ2v) is 12.2. The number of hydrogen-bond acceptors (Lipinski definition) is 8. The minimum Gasteiger partial charge on any atom is -0.497 e. The molecule has 2 heterocycles. The van der Waals surface area contributed by atoms with E-state index in [4.69, 9.17) is 38.9 Å². The number of hydrogen-bond donors (Lipinski definition) is 0. The highest BCUT2D eigenvalue weighted by atomic mass is 16.5. The first-order valence-electron chi connectivity index (χ1n) is 16.7. The van der Waals surface area contributed by atoms with Crippen LogP contribution in [0.3, 0.4) is 0 Å². The molecule has 0 radical (unpaired) electrons. The first-order valence-corrected chi connectivity index (χ1v) is 16.7. The maximum Gasteiger partial charge on any atom is 0.118 e. The van der Waals surface area contributed by atoms with E-state index in [2.05, 4.69) is 24.3 Å². The zero-order chi connectivity index (χ0) is 35.6. The molecule has 0 saturated carbocycles. The van der Waals surface area contributed by atoms with Crippen LogP contribution >= 0.6 is 0 Å². The second kappa shape index (κ2) is 13.8. The molecule has 8 heteroatoms. The van der Waals surface area contributed by atoms with E-state index in [-0.39, 0.29) is 0 Å². The van der Waals surface area contributed by atoms with Crippen molar-refractivity contribution in [2.75, 3.05) is 28.4 Å². The van der Waals surface area contributed by atoms with Gasteiger partial charge in [0.15, 0.2) is 0 Å². The summed E-state index contributed by atoms with van der Waals surface area (Å²) in [7, 11) is 6.64. The van der Waals surface area contributed by atoms with Gasteiger partial charge in [-0.25, -0.2) is 19.9 Å². The monoisotopic (exact) mass is 682 g/mol. The van der Waals surface area contributed by atoms with Crippen molar-refractivity contribution in [3.8, 4) is 79.2 Å². The normalized spacial score (nSPS) is 11.1. The first-order chi connectivity index (χ1) is 25.5. The summed E-state index contributed by atoms with van der Waals surface area (Å²) in [6, 6.07) is 43.9. The summed E-state index contributed by atoms with van der Waals surface area (Å²) in [5.41, 5.74) is 12.0. The average molecular weight is 683 g/mol. The highest BCUT2D eigenvalue weighted by Gasteiger charge is 2.17. The maximum atomic E-state index is 5.42. The summed E-state index contributed by atoms with van der Waals surface area (Å²) >= 11 is 0. The van der Waals surface area contributed by atoms with E-state index >= 15 is 0 Å². The minimum atomic E-state index is 0.774. The Kier molecular flexibility index (Phi) is 8.63. The van der Waals surface area contributed by atoms with Crippen molar-refractivity contribution in [1.29, 1.82) is 0 Å². The van der Waals surface area contributed by atoms with Gasteiger partial charge in [0.1, 0.15) is 23.0 Å². The number of benzene rings is 6. The number of fused-ring (bicyclic) bond motifs is 2. The maximum absolute atomic E-state index is 5.42. The van der Waals surface area contributed by atoms with Crippen LogP contribution in [0.15, 0.2) is 133 Å². The highest BCUT2D eigenvalue weighted by Crippen LogP contribution is 2.36. The van der Waals surface area contributed by atoms with Gasteiger partial charge in [0.2, 0.25) is 0 Å². The van der Waals surface area contributed by atoms with Crippen LogP contribution in [-0.4, -0.2) is 48.4 Å². The lowest BCUT2D eigenvalue weighted by Gasteiger charge is -2.13. The lowest BCUT2D eigenvalue weighted by atomic mass is 10.0. The molecule has 254 valence electrons. The Labute approximate surface area is 301 Å². The smallest absolute Gasteiger partial charge is 0.118 e. The minimum absolute atomic E-state index is 0.774. The largest absolute Gasteiger partial charge is 0.497 e. The van der Waals surface area contributed by atoms with Crippen LogP contribution in [0.5, 0.6) is 23.0 Å². The second-order valence-electron chi connectivity index (χ2n) is 12.2. The molecule has 0 saturated heterocycles. The van der Waals surface area contributed by atoms with E-state index in [0.717, 1.165) is 101 Å². The molecule has 8 rings (SSSR count). The highest BCUT2D eigenvalue weighted by molar-refractivity contribution is 5.92. The third-order valence-electron chi connectivity index (χ3n) is 9.12. The van der Waals surface area contributed by atoms with E-state index < -0.39 is 0 Å². The van der Waals surface area contributed by atoms with Crippen molar-refractivity contribution in [3.05, 3.63) is 133 Å². The van der Waals surface area contributed by atoms with E-state index in [1.54, 1.807) is 28.4 Å². The molecule has 0 N–H and O–H groups in total. The van der Waals surface area contributed by atoms with Crippen molar-refractivity contribution in [2.24, 2.45) is 0 Å². The quantitative estimate of drug-likeness (QED) is 0.149. The van der Waals surface area contributed by atoms with Gasteiger partial charge in [0, 0.05) is 22.3 Å². The van der Waals surface area contributed by atoms with Crippen molar-refractivity contribution < 1.29 is 18.9 Å². The summed E-state index contributed by atoms with van der Waals surface area (Å²) < 4.78 is 21.6. The third-order valence-corrected chi connectivity index (χ3v) is 9.12. The van der Waals surface area contributed by atoms with Crippen LogP contribution in [0.1, 0.15) is 0 Å². The number of methoxy groups -OCH3 is 4. The first kappa shape index (κ1) is 32.4. The number of rotatable bonds is 9. The Morgan fingerprint density at radius 3 is 0.750 bits per heavy atom. The number of nitrogens with zero attached hydrogens (tertiary/aromatic N) is 4. The fourth-order valence-electron chi connectivity index (χ4n) is 6.27. The average Bonchev–Trinajstić information content (AvgIpc) is 3.22. The van der Waals surface area contributed by atoms with Gasteiger partial charge in [-0.3, -0.25) is 0 Å². The summed E-state index contributed by atoms with van der Waals surface area (Å²) in [5, 5.41) is 0. The molecule has 0 aliphatic rings. The summed E-state index contributed by atoms with van der Waals surface area (Å²) in [6.07, 6.45) is 0. The fraction of sp³-hybridized carbons (Fsp3) is 0.0909. The molecule has 0 unspecified atom stereocenters. The van der Waals surface area contributed by atoms with E-state index in [0.29, 0.717) is 0 Å². The molecular formula is C44H34N4O4. The molecule has 0 aliphatic heterocycles. The summed E-state index contributed by atoms with van der Waals surface area (Å²) in [5.74, 6) is 3.11. The number of aromatic nitrogens is 4. The van der Waals surface area contributed by atoms with Gasteiger partial charge in [-0.15, -0.1) is 0 Å². The van der Waals surface area contributed by atoms with E-state index in [1.165, 1.54) is 0 Å². The Morgan fingerprint density at radius 2 is 0.500 bits per heavy atom. The molecular weight excluding hydrogens is 649 g/mol. The van der Waals surface area contributed by atoms with Crippen LogP contribution in [0.25, 0.3) is 78.2 Å². The Morgan fingerprint density at radius 1 is 0.269 bits per heavy atom. The predicted molar refractivity (Wildman–Crippen MR) is 206 cm³/mol. The van der Waals surface area contributed by atoms with Crippen molar-refractivity contribution in [3.63, 3.8) is 0 Å². The van der Waals surface area contributed by atoms with Crippen LogP contribution in [0, 0.1) is 0 Å². The SMILES string of the molecule is COc1ccc(-c2nc3ccc(-c4ccc5nc(-c6ccc(OC)cc6)c(-c6ccc(OC)cc6)nc5c4)cc3nc2-c2ccc(OC)cc2)cc1. The predicted octanol–water partition coefficient (Wildman–Crippen LogP) is 9.94. The Hall–Kier alpha value is -6.80. The van der Waals surface area contributed by atoms with Crippen molar-refractivity contribution in [2.45, 2.75) is 0 Å². The van der Waals surface area contributed by atoms with Crippen molar-refractivity contribution >= 4 is 22.1 Å². The molecule has 8 aromatic rings. The lowest BCUT2D eigenvalue weighted by molar-refractivity contribution is 0.414. The van der Waals surface area contributed by atoms with Gasteiger partial charge < -0.3 is 18.9 Å². The zero-order valence-corrected chi connectivity index (χ0v) is 29.1. The molecule has 0 atom stereocenters. The fourth-order valence-corrected chi connectivity index (χ4v) is 6.27. The Balaban J connectivity index is 1.24. The zero-order valence-electron chi connectivity index (χ0n) is 29.1. The summed E-state index contributed by atoms with van der Waals surface area (Å²) in [6.45, 7) is 0. The van der Waals surface area contributed by atoms with Crippen LogP contribution < -0.4 is 18.9 Å². The molecule has 8 nitrogen and oxygen atoms in total. The third kappa shape index (κ3) is 6.22. The molecule has 6 aromatic carbocycles. The molecule has 2 aromatic heterocycles. The molecule has 0 aliphatic carbocycles. The standard InChI is InChI=1S/C44H34N4O4/c1-49-33-15-5-27(6-16-33)41-43(29-9-19-35(51-3)20-10-29)47-39-25-31(13-23-37(39)45-41)32-14-24-38-40(26-32)48-44(30-11-21-36(52-4)22-12-30)42(46-38)28-7-17-34(50-2)18-8-28/h5-26H,1-4H3. The lowest BCUT2D eigenvalue weighted by Crippen LogP contribution is -1.97. The molecule has 0 amide bonds. The molecule has 0 bridgehead atoms. The number of ether oxygens (including phenoxy) is 4. The van der Waals surface area contributed by atoms with Gasteiger partial charge in [-0.1, -0.05) is 12.1 Å².